The number of hydrogen-bond acceptors (Lipinski definition) is 6. The quantitative estimate of drug-likeness (QED) is 0.675. The van der Waals surface area contributed by atoms with E-state index in [4.69, 9.17) is 9.72 Å². The zero-order valence-electron chi connectivity index (χ0n) is 15.6. The van der Waals surface area contributed by atoms with Gasteiger partial charge < -0.3 is 14.5 Å². The zero-order valence-corrected chi connectivity index (χ0v) is 16.4. The van der Waals surface area contributed by atoms with E-state index in [1.54, 1.807) is 11.3 Å². The van der Waals surface area contributed by atoms with Crippen molar-refractivity contribution in [2.24, 2.45) is 0 Å². The van der Waals surface area contributed by atoms with Crippen molar-refractivity contribution >= 4 is 32.7 Å². The first-order valence-corrected chi connectivity index (χ1v) is 10.0. The van der Waals surface area contributed by atoms with E-state index < -0.39 is 0 Å². The topological polar surface area (TPSA) is 63.5 Å². The van der Waals surface area contributed by atoms with Gasteiger partial charge in [-0.05, 0) is 26.0 Å². The van der Waals surface area contributed by atoms with Crippen LogP contribution in [-0.2, 0) is 9.53 Å². The third-order valence-electron chi connectivity index (χ3n) is 4.71. The zero-order chi connectivity index (χ0) is 18.8. The van der Waals surface area contributed by atoms with Gasteiger partial charge in [0.05, 0.1) is 16.1 Å². The van der Waals surface area contributed by atoms with Crippen LogP contribution in [0.1, 0.15) is 12.6 Å². The Balaban J connectivity index is 1.52. The lowest BCUT2D eigenvalue weighted by molar-refractivity contribution is -0.136. The first kappa shape index (κ1) is 17.9. The van der Waals surface area contributed by atoms with Crippen LogP contribution in [0.25, 0.3) is 16.0 Å². The molecule has 7 nitrogen and oxygen atoms in total. The average molecular weight is 385 g/mol. The molecule has 1 fully saturated rings. The van der Waals surface area contributed by atoms with Crippen molar-refractivity contribution in [2.75, 3.05) is 44.3 Å². The Labute approximate surface area is 162 Å². The number of para-hydroxylation sites is 1. The largest absolute Gasteiger partial charge is 0.372 e. The molecule has 1 amide bonds. The second kappa shape index (κ2) is 7.66. The molecule has 8 heteroatoms. The number of anilines is 1. The molecule has 0 unspecified atom stereocenters. The van der Waals surface area contributed by atoms with Crippen LogP contribution in [-0.4, -0.2) is 65.0 Å². The third-order valence-corrected chi connectivity index (χ3v) is 5.92. The lowest BCUT2D eigenvalue weighted by Gasteiger charge is -2.34. The van der Waals surface area contributed by atoms with Crippen LogP contribution in [0.15, 0.2) is 30.3 Å². The molecule has 4 rings (SSSR count). The molecule has 0 saturated carbocycles. The first-order chi connectivity index (χ1) is 13.2. The third kappa shape index (κ3) is 3.54. The Bertz CT molecular complexity index is 928. The molecule has 3 aromatic rings. The summed E-state index contributed by atoms with van der Waals surface area (Å²) >= 11 is 1.67. The SMILES string of the molecule is CCOCC(=O)N1CCN(c2nc3c(s2)c(C)nn3-c2ccccc2)CC1. The molecule has 1 aliphatic heterocycles. The average Bonchev–Trinajstić information content (AvgIpc) is 3.27. The number of amides is 1. The van der Waals surface area contributed by atoms with Gasteiger partial charge in [-0.3, -0.25) is 4.79 Å². The fourth-order valence-electron chi connectivity index (χ4n) is 3.24. The minimum absolute atomic E-state index is 0.0661. The number of aryl methyl sites for hydroxylation is 1. The highest BCUT2D eigenvalue weighted by atomic mass is 32.1. The Morgan fingerprint density at radius 1 is 1.19 bits per heavy atom. The molecule has 0 radical (unpaired) electrons. The molecule has 0 spiro atoms. The van der Waals surface area contributed by atoms with Crippen LogP contribution in [0, 0.1) is 6.92 Å². The van der Waals surface area contributed by atoms with Crippen LogP contribution >= 0.6 is 11.3 Å². The van der Waals surface area contributed by atoms with Gasteiger partial charge in [0.25, 0.3) is 0 Å². The summed E-state index contributed by atoms with van der Waals surface area (Å²) in [6, 6.07) is 10.1. The van der Waals surface area contributed by atoms with Gasteiger partial charge in [0.15, 0.2) is 10.8 Å². The maximum Gasteiger partial charge on any atom is 0.248 e. The molecule has 1 saturated heterocycles. The van der Waals surface area contributed by atoms with Gasteiger partial charge in [0.1, 0.15) is 6.61 Å². The Hall–Kier alpha value is -2.45. The van der Waals surface area contributed by atoms with E-state index in [1.807, 2.05) is 53.8 Å². The van der Waals surface area contributed by atoms with Gasteiger partial charge in [-0.15, -0.1) is 0 Å². The number of rotatable bonds is 5. The number of benzene rings is 1. The number of ether oxygens (including phenoxy) is 1. The smallest absolute Gasteiger partial charge is 0.248 e. The normalized spacial score (nSPS) is 14.9. The summed E-state index contributed by atoms with van der Waals surface area (Å²) in [7, 11) is 0. The summed E-state index contributed by atoms with van der Waals surface area (Å²) in [5.74, 6) is 0.0661. The van der Waals surface area contributed by atoms with Crippen molar-refractivity contribution < 1.29 is 9.53 Å². The minimum atomic E-state index is 0.0661. The number of aromatic nitrogens is 3. The standard InChI is InChI=1S/C19H23N5O2S/c1-3-26-13-16(25)22-9-11-23(12-10-22)19-20-18-17(27-19)14(2)21-24(18)15-7-5-4-6-8-15/h4-8H,3,9-13H2,1-2H3. The number of carbonyl (C=O) groups excluding carboxylic acids is 1. The van der Waals surface area contributed by atoms with Crippen molar-refractivity contribution in [3.05, 3.63) is 36.0 Å². The number of fused-ring (bicyclic) bond motifs is 1. The van der Waals surface area contributed by atoms with Crippen molar-refractivity contribution in [3.8, 4) is 5.69 Å². The lowest BCUT2D eigenvalue weighted by atomic mass is 10.3. The maximum atomic E-state index is 12.1. The molecule has 0 bridgehead atoms. The fourth-order valence-corrected chi connectivity index (χ4v) is 4.27. The number of hydrogen-bond donors (Lipinski definition) is 0. The van der Waals surface area contributed by atoms with Crippen LogP contribution < -0.4 is 4.90 Å². The number of nitrogens with zero attached hydrogens (tertiary/aromatic N) is 5. The summed E-state index contributed by atoms with van der Waals surface area (Å²) < 4.78 is 8.26. The number of carbonyl (C=O) groups is 1. The molecule has 3 heterocycles. The minimum Gasteiger partial charge on any atom is -0.372 e. The van der Waals surface area contributed by atoms with Crippen LogP contribution in [0.3, 0.4) is 0 Å². The summed E-state index contributed by atoms with van der Waals surface area (Å²) in [4.78, 5) is 21.1. The molecular formula is C19H23N5O2S. The molecule has 27 heavy (non-hydrogen) atoms. The van der Waals surface area contributed by atoms with Gasteiger partial charge >= 0.3 is 0 Å². The highest BCUT2D eigenvalue weighted by Crippen LogP contribution is 2.32. The Kier molecular flexibility index (Phi) is 5.09. The van der Waals surface area contributed by atoms with Crippen molar-refractivity contribution in [3.63, 3.8) is 0 Å². The highest BCUT2D eigenvalue weighted by molar-refractivity contribution is 7.22. The predicted molar refractivity (Wildman–Crippen MR) is 107 cm³/mol. The summed E-state index contributed by atoms with van der Waals surface area (Å²) in [5, 5.41) is 5.64. The van der Waals surface area contributed by atoms with Gasteiger partial charge in [0, 0.05) is 32.8 Å². The monoisotopic (exact) mass is 385 g/mol. The predicted octanol–water partition coefficient (Wildman–Crippen LogP) is 2.48. The molecular weight excluding hydrogens is 362 g/mol. The fraction of sp³-hybridized carbons (Fsp3) is 0.421. The van der Waals surface area contributed by atoms with Crippen LogP contribution in [0.2, 0.25) is 0 Å². The Morgan fingerprint density at radius 3 is 2.63 bits per heavy atom. The summed E-state index contributed by atoms with van der Waals surface area (Å²) in [6.07, 6.45) is 0. The summed E-state index contributed by atoms with van der Waals surface area (Å²) in [6.45, 7) is 7.62. The molecule has 0 N–H and O–H groups in total. The maximum absolute atomic E-state index is 12.1. The summed E-state index contributed by atoms with van der Waals surface area (Å²) in [5.41, 5.74) is 2.90. The van der Waals surface area contributed by atoms with E-state index in [9.17, 15) is 4.79 Å². The van der Waals surface area contributed by atoms with Crippen LogP contribution in [0.4, 0.5) is 5.13 Å². The van der Waals surface area contributed by atoms with Crippen LogP contribution in [0.5, 0.6) is 0 Å². The lowest BCUT2D eigenvalue weighted by Crippen LogP contribution is -2.49. The second-order valence-corrected chi connectivity index (χ2v) is 7.46. The number of thiazole rings is 1. The second-order valence-electron chi connectivity index (χ2n) is 6.49. The van der Waals surface area contributed by atoms with Crippen molar-refractivity contribution in [1.82, 2.24) is 19.7 Å². The van der Waals surface area contributed by atoms with Crippen molar-refractivity contribution in [2.45, 2.75) is 13.8 Å². The van der Waals surface area contributed by atoms with E-state index in [0.29, 0.717) is 19.7 Å². The first-order valence-electron chi connectivity index (χ1n) is 9.19. The molecule has 1 aliphatic rings. The molecule has 142 valence electrons. The van der Waals surface area contributed by atoms with Gasteiger partial charge in [0.2, 0.25) is 5.91 Å². The van der Waals surface area contributed by atoms with Gasteiger partial charge in [-0.1, -0.05) is 29.5 Å². The highest BCUT2D eigenvalue weighted by Gasteiger charge is 2.24. The molecule has 0 atom stereocenters. The van der Waals surface area contributed by atoms with E-state index in [1.165, 1.54) is 0 Å². The Morgan fingerprint density at radius 2 is 1.93 bits per heavy atom. The molecule has 1 aromatic carbocycles. The van der Waals surface area contributed by atoms with E-state index in [-0.39, 0.29) is 12.5 Å². The number of piperazine rings is 1. The van der Waals surface area contributed by atoms with E-state index >= 15 is 0 Å². The molecule has 2 aromatic heterocycles. The van der Waals surface area contributed by atoms with E-state index in [2.05, 4.69) is 10.00 Å². The van der Waals surface area contributed by atoms with Crippen molar-refractivity contribution in [1.29, 1.82) is 0 Å². The van der Waals surface area contributed by atoms with Gasteiger partial charge in [-0.2, -0.15) is 10.1 Å². The van der Waals surface area contributed by atoms with Gasteiger partial charge in [-0.25, -0.2) is 4.68 Å². The van der Waals surface area contributed by atoms with E-state index in [0.717, 1.165) is 39.9 Å². The molecule has 0 aliphatic carbocycles.